The fourth-order valence-electron chi connectivity index (χ4n) is 3.34. The van der Waals surface area contributed by atoms with Crippen LogP contribution in [0.1, 0.15) is 6.92 Å². The van der Waals surface area contributed by atoms with Gasteiger partial charge < -0.3 is 9.47 Å². The summed E-state index contributed by atoms with van der Waals surface area (Å²) in [5.74, 6) is 0.0238. The largest absolute Gasteiger partial charge is 0.497 e. The number of anilines is 2. The number of benzene rings is 3. The summed E-state index contributed by atoms with van der Waals surface area (Å²) < 4.78 is 52.0. The van der Waals surface area contributed by atoms with Crippen LogP contribution in [0, 0.1) is 5.82 Å². The van der Waals surface area contributed by atoms with Gasteiger partial charge in [0.25, 0.3) is 10.0 Å². The molecular formula is C25H23FN4O5S2. The maximum absolute atomic E-state index is 13.5. The summed E-state index contributed by atoms with van der Waals surface area (Å²) in [6.45, 7) is 1.68. The van der Waals surface area contributed by atoms with E-state index in [-0.39, 0.29) is 15.7 Å². The minimum atomic E-state index is -4.18. The molecule has 0 saturated heterocycles. The summed E-state index contributed by atoms with van der Waals surface area (Å²) in [7, 11) is -2.61. The van der Waals surface area contributed by atoms with E-state index in [0.717, 1.165) is 33.3 Å². The second kappa shape index (κ2) is 11.4. The molecule has 1 N–H and O–H groups in total. The van der Waals surface area contributed by atoms with Crippen LogP contribution in [0.4, 0.5) is 15.2 Å². The van der Waals surface area contributed by atoms with Crippen molar-refractivity contribution in [1.82, 2.24) is 10.2 Å². The molecule has 0 aliphatic heterocycles. The van der Waals surface area contributed by atoms with Crippen LogP contribution >= 0.6 is 11.3 Å². The molecule has 0 aliphatic rings. The van der Waals surface area contributed by atoms with Crippen molar-refractivity contribution in [3.8, 4) is 22.1 Å². The molecule has 1 aromatic heterocycles. The fraction of sp³-hybridized carbons (Fsp3) is 0.160. The normalized spacial score (nSPS) is 11.1. The van der Waals surface area contributed by atoms with Gasteiger partial charge in [0.05, 0.1) is 24.3 Å². The lowest BCUT2D eigenvalue weighted by atomic mass is 10.2. The monoisotopic (exact) mass is 542 g/mol. The lowest BCUT2D eigenvalue weighted by molar-refractivity contribution is -0.114. The third-order valence-corrected chi connectivity index (χ3v) is 7.81. The molecule has 37 heavy (non-hydrogen) atoms. The number of methoxy groups -OCH3 is 1. The summed E-state index contributed by atoms with van der Waals surface area (Å²) in [4.78, 5) is 12.9. The van der Waals surface area contributed by atoms with Crippen molar-refractivity contribution in [2.24, 2.45) is 0 Å². The number of halogens is 1. The second-order valence-corrected chi connectivity index (χ2v) is 10.4. The van der Waals surface area contributed by atoms with Crippen LogP contribution in [0.3, 0.4) is 0 Å². The number of aromatic nitrogens is 2. The predicted octanol–water partition coefficient (Wildman–Crippen LogP) is 4.59. The molecule has 9 nitrogen and oxygen atoms in total. The van der Waals surface area contributed by atoms with Gasteiger partial charge >= 0.3 is 0 Å². The smallest absolute Gasteiger partial charge is 0.264 e. The zero-order chi connectivity index (χ0) is 26.4. The maximum Gasteiger partial charge on any atom is 0.264 e. The third kappa shape index (κ3) is 6.22. The number of sulfonamides is 1. The van der Waals surface area contributed by atoms with E-state index in [1.165, 1.54) is 36.4 Å². The van der Waals surface area contributed by atoms with Crippen molar-refractivity contribution < 1.29 is 27.1 Å². The Balaban J connectivity index is 1.56. The van der Waals surface area contributed by atoms with Crippen LogP contribution in [-0.4, -0.2) is 44.8 Å². The number of nitrogens with one attached hydrogen (secondary N) is 1. The third-order valence-electron chi connectivity index (χ3n) is 5.13. The highest BCUT2D eigenvalue weighted by molar-refractivity contribution is 7.92. The van der Waals surface area contributed by atoms with Crippen molar-refractivity contribution in [2.75, 3.05) is 29.9 Å². The van der Waals surface area contributed by atoms with E-state index < -0.39 is 28.3 Å². The van der Waals surface area contributed by atoms with Gasteiger partial charge in [-0.2, -0.15) is 0 Å². The van der Waals surface area contributed by atoms with Crippen LogP contribution in [0.2, 0.25) is 0 Å². The number of carbonyl (C=O) groups excluding carboxylic acids is 1. The van der Waals surface area contributed by atoms with E-state index in [4.69, 9.17) is 9.47 Å². The molecule has 0 fully saturated rings. The Morgan fingerprint density at radius 2 is 1.62 bits per heavy atom. The first kappa shape index (κ1) is 26.0. The summed E-state index contributed by atoms with van der Waals surface area (Å²) in [5, 5.41) is 11.4. The standard InChI is InChI=1S/C25H23FN4O5S2/c1-3-35-21-12-14-22(15-13-21)37(32,33)30(19-8-6-18(26)7-9-19)16-23(31)27-25-29-28-24(36-25)17-4-10-20(34-2)11-5-17/h4-15H,3,16H2,1-2H3,(H,27,29,31). The molecule has 0 spiro atoms. The number of rotatable bonds is 10. The Hall–Kier alpha value is -4.03. The second-order valence-electron chi connectivity index (χ2n) is 7.58. The van der Waals surface area contributed by atoms with Gasteiger partial charge in [-0.1, -0.05) is 11.3 Å². The first-order chi connectivity index (χ1) is 17.8. The number of carbonyl (C=O) groups is 1. The van der Waals surface area contributed by atoms with Gasteiger partial charge in [-0.15, -0.1) is 10.2 Å². The molecule has 1 heterocycles. The Kier molecular flexibility index (Phi) is 7.99. The Morgan fingerprint density at radius 3 is 2.24 bits per heavy atom. The van der Waals surface area contributed by atoms with E-state index in [2.05, 4.69) is 15.5 Å². The zero-order valence-electron chi connectivity index (χ0n) is 19.9. The summed E-state index contributed by atoms with van der Waals surface area (Å²) in [6.07, 6.45) is 0. The topological polar surface area (TPSA) is 111 Å². The van der Waals surface area contributed by atoms with Crippen molar-refractivity contribution in [2.45, 2.75) is 11.8 Å². The van der Waals surface area contributed by atoms with Gasteiger partial charge in [-0.3, -0.25) is 14.4 Å². The van der Waals surface area contributed by atoms with E-state index >= 15 is 0 Å². The molecule has 0 radical (unpaired) electrons. The predicted molar refractivity (Wildman–Crippen MR) is 139 cm³/mol. The molecular weight excluding hydrogens is 519 g/mol. The molecule has 1 amide bonds. The van der Waals surface area contributed by atoms with Crippen LogP contribution in [0.25, 0.3) is 10.6 Å². The molecule has 0 unspecified atom stereocenters. The summed E-state index contributed by atoms with van der Waals surface area (Å²) >= 11 is 1.14. The van der Waals surface area contributed by atoms with Crippen LogP contribution in [-0.2, 0) is 14.8 Å². The minimum absolute atomic E-state index is 0.0502. The molecule has 3 aromatic carbocycles. The molecule has 0 bridgehead atoms. The van der Waals surface area contributed by atoms with Gasteiger partial charge in [0.15, 0.2) is 0 Å². The molecule has 4 rings (SSSR count). The van der Waals surface area contributed by atoms with E-state index in [0.29, 0.717) is 23.1 Å². The molecule has 0 aliphatic carbocycles. The van der Waals surface area contributed by atoms with Crippen molar-refractivity contribution in [3.05, 3.63) is 78.6 Å². The average Bonchev–Trinajstić information content (AvgIpc) is 3.37. The molecule has 4 aromatic rings. The summed E-state index contributed by atoms with van der Waals surface area (Å²) in [6, 6.07) is 17.9. The lowest BCUT2D eigenvalue weighted by Crippen LogP contribution is -2.38. The van der Waals surface area contributed by atoms with Crippen LogP contribution < -0.4 is 19.1 Å². The molecule has 192 valence electrons. The lowest BCUT2D eigenvalue weighted by Gasteiger charge is -2.24. The molecule has 0 saturated carbocycles. The number of amides is 1. The quantitative estimate of drug-likeness (QED) is 0.312. The SMILES string of the molecule is CCOc1ccc(S(=O)(=O)N(CC(=O)Nc2nnc(-c3ccc(OC)cc3)s2)c2ccc(F)cc2)cc1. The molecule has 0 atom stereocenters. The van der Waals surface area contributed by atoms with Crippen LogP contribution in [0.15, 0.2) is 77.7 Å². The van der Waals surface area contributed by atoms with Gasteiger partial charge in [-0.05, 0) is 79.7 Å². The first-order valence-corrected chi connectivity index (χ1v) is 13.3. The Labute approximate surface area is 217 Å². The van der Waals surface area contributed by atoms with E-state index in [9.17, 15) is 17.6 Å². The number of ether oxygens (including phenoxy) is 2. The Morgan fingerprint density at radius 1 is 0.973 bits per heavy atom. The van der Waals surface area contributed by atoms with Crippen molar-refractivity contribution in [1.29, 1.82) is 0 Å². The summed E-state index contributed by atoms with van der Waals surface area (Å²) in [5.41, 5.74) is 0.909. The van der Waals surface area contributed by atoms with Crippen LogP contribution in [0.5, 0.6) is 11.5 Å². The first-order valence-electron chi connectivity index (χ1n) is 11.1. The highest BCUT2D eigenvalue weighted by atomic mass is 32.2. The van der Waals surface area contributed by atoms with Gasteiger partial charge in [0.1, 0.15) is 28.9 Å². The van der Waals surface area contributed by atoms with Crippen molar-refractivity contribution in [3.63, 3.8) is 0 Å². The fourth-order valence-corrected chi connectivity index (χ4v) is 5.52. The maximum atomic E-state index is 13.5. The van der Waals surface area contributed by atoms with Gasteiger partial charge in [-0.25, -0.2) is 12.8 Å². The van der Waals surface area contributed by atoms with Crippen molar-refractivity contribution >= 4 is 38.1 Å². The number of hydrogen-bond acceptors (Lipinski definition) is 8. The van der Waals surface area contributed by atoms with E-state index in [1.807, 2.05) is 19.1 Å². The Bertz CT molecular complexity index is 1460. The van der Waals surface area contributed by atoms with Gasteiger partial charge in [0, 0.05) is 5.56 Å². The minimum Gasteiger partial charge on any atom is -0.497 e. The average molecular weight is 543 g/mol. The number of nitrogens with zero attached hydrogens (tertiary/aromatic N) is 3. The zero-order valence-corrected chi connectivity index (χ0v) is 21.6. The highest BCUT2D eigenvalue weighted by Crippen LogP contribution is 2.29. The van der Waals surface area contributed by atoms with Gasteiger partial charge in [0.2, 0.25) is 11.0 Å². The number of hydrogen-bond donors (Lipinski definition) is 1. The highest BCUT2D eigenvalue weighted by Gasteiger charge is 2.28. The van der Waals surface area contributed by atoms with E-state index in [1.54, 1.807) is 19.2 Å². The molecule has 12 heteroatoms.